The lowest BCUT2D eigenvalue weighted by atomic mass is 9.76. The van der Waals surface area contributed by atoms with Crippen molar-refractivity contribution >= 4 is 11.4 Å². The maximum atomic E-state index is 3.67. The van der Waals surface area contributed by atoms with Crippen LogP contribution in [0.25, 0.3) is 0 Å². The Morgan fingerprint density at radius 1 is 1.00 bits per heavy atom. The molecule has 0 aromatic heterocycles. The first-order valence-electron chi connectivity index (χ1n) is 7.73. The maximum absolute atomic E-state index is 3.67. The summed E-state index contributed by atoms with van der Waals surface area (Å²) in [5, 5.41) is 3.67. The Kier molecular flexibility index (Phi) is 3.87. The zero-order chi connectivity index (χ0) is 14.8. The quantitative estimate of drug-likeness (QED) is 0.892. The van der Waals surface area contributed by atoms with E-state index in [0.29, 0.717) is 6.04 Å². The van der Waals surface area contributed by atoms with E-state index in [-0.39, 0.29) is 0 Å². The SMILES string of the molecule is Cc1ccc(NC2CC(c3ccccc3)C2)cc1N(C)C. The molecule has 2 aromatic carbocycles. The number of aryl methyl sites for hydroxylation is 1. The molecule has 2 heteroatoms. The van der Waals surface area contributed by atoms with Gasteiger partial charge < -0.3 is 10.2 Å². The van der Waals surface area contributed by atoms with Gasteiger partial charge in [0.2, 0.25) is 0 Å². The summed E-state index contributed by atoms with van der Waals surface area (Å²) in [6, 6.07) is 18.1. The zero-order valence-electron chi connectivity index (χ0n) is 13.1. The van der Waals surface area contributed by atoms with Crippen LogP contribution >= 0.6 is 0 Å². The molecule has 0 saturated heterocycles. The highest BCUT2D eigenvalue weighted by molar-refractivity contribution is 5.62. The molecule has 0 spiro atoms. The molecule has 21 heavy (non-hydrogen) atoms. The van der Waals surface area contributed by atoms with Crippen molar-refractivity contribution in [2.24, 2.45) is 0 Å². The predicted octanol–water partition coefficient (Wildman–Crippen LogP) is 4.42. The fraction of sp³-hybridized carbons (Fsp3) is 0.368. The van der Waals surface area contributed by atoms with Crippen LogP contribution < -0.4 is 10.2 Å². The van der Waals surface area contributed by atoms with Gasteiger partial charge in [0.1, 0.15) is 0 Å². The molecular weight excluding hydrogens is 256 g/mol. The van der Waals surface area contributed by atoms with E-state index in [1.807, 2.05) is 0 Å². The van der Waals surface area contributed by atoms with Gasteiger partial charge in [-0.3, -0.25) is 0 Å². The minimum absolute atomic E-state index is 0.605. The van der Waals surface area contributed by atoms with Gasteiger partial charge in [-0.2, -0.15) is 0 Å². The molecule has 0 bridgehead atoms. The minimum atomic E-state index is 0.605. The van der Waals surface area contributed by atoms with Crippen molar-refractivity contribution in [3.05, 3.63) is 59.7 Å². The van der Waals surface area contributed by atoms with Gasteiger partial charge in [-0.25, -0.2) is 0 Å². The summed E-state index contributed by atoms with van der Waals surface area (Å²) < 4.78 is 0. The average molecular weight is 280 g/mol. The summed E-state index contributed by atoms with van der Waals surface area (Å²) in [7, 11) is 4.20. The standard InChI is InChI=1S/C19H24N2/c1-14-9-10-17(13-19(14)21(2)3)20-18-11-16(12-18)15-7-5-4-6-8-15/h4-10,13,16,18,20H,11-12H2,1-3H3. The summed E-state index contributed by atoms with van der Waals surface area (Å²) in [5.74, 6) is 0.725. The lowest BCUT2D eigenvalue weighted by Gasteiger charge is -2.37. The fourth-order valence-electron chi connectivity index (χ4n) is 3.15. The normalized spacial score (nSPS) is 20.7. The summed E-state index contributed by atoms with van der Waals surface area (Å²) >= 11 is 0. The van der Waals surface area contributed by atoms with Gasteiger partial charge in [0.25, 0.3) is 0 Å². The first-order valence-corrected chi connectivity index (χ1v) is 7.73. The smallest absolute Gasteiger partial charge is 0.0411 e. The Labute approximate surface area is 127 Å². The van der Waals surface area contributed by atoms with Crippen molar-refractivity contribution in [2.45, 2.75) is 31.7 Å². The number of rotatable bonds is 4. The van der Waals surface area contributed by atoms with Gasteiger partial charge in [-0.15, -0.1) is 0 Å². The van der Waals surface area contributed by atoms with Crippen LogP contribution in [-0.2, 0) is 0 Å². The summed E-state index contributed by atoms with van der Waals surface area (Å²) in [6.07, 6.45) is 2.46. The number of benzene rings is 2. The Balaban J connectivity index is 1.61. The number of anilines is 2. The molecule has 0 radical (unpaired) electrons. The van der Waals surface area contributed by atoms with Crippen LogP contribution in [0.1, 0.15) is 29.9 Å². The first-order chi connectivity index (χ1) is 10.1. The zero-order valence-corrected chi connectivity index (χ0v) is 13.1. The molecule has 2 nitrogen and oxygen atoms in total. The third kappa shape index (κ3) is 3.05. The third-order valence-electron chi connectivity index (χ3n) is 4.47. The molecule has 0 heterocycles. The van der Waals surface area contributed by atoms with Gasteiger partial charge in [0, 0.05) is 31.5 Å². The van der Waals surface area contributed by atoms with Crippen molar-refractivity contribution in [3.8, 4) is 0 Å². The molecule has 0 aliphatic heterocycles. The van der Waals surface area contributed by atoms with Crippen LogP contribution in [0, 0.1) is 6.92 Å². The van der Waals surface area contributed by atoms with Crippen molar-refractivity contribution in [1.29, 1.82) is 0 Å². The van der Waals surface area contributed by atoms with Crippen molar-refractivity contribution in [3.63, 3.8) is 0 Å². The third-order valence-corrected chi connectivity index (χ3v) is 4.47. The molecule has 1 fully saturated rings. The van der Waals surface area contributed by atoms with Gasteiger partial charge in [0.15, 0.2) is 0 Å². The highest BCUT2D eigenvalue weighted by Crippen LogP contribution is 2.38. The van der Waals surface area contributed by atoms with Crippen LogP contribution in [0.3, 0.4) is 0 Å². The number of nitrogens with zero attached hydrogens (tertiary/aromatic N) is 1. The van der Waals surface area contributed by atoms with Crippen LogP contribution in [0.5, 0.6) is 0 Å². The summed E-state index contributed by atoms with van der Waals surface area (Å²) in [4.78, 5) is 2.17. The van der Waals surface area contributed by atoms with Gasteiger partial charge in [-0.1, -0.05) is 36.4 Å². The predicted molar refractivity (Wildman–Crippen MR) is 91.3 cm³/mol. The van der Waals surface area contributed by atoms with E-state index < -0.39 is 0 Å². The molecule has 2 aromatic rings. The Morgan fingerprint density at radius 2 is 1.71 bits per heavy atom. The van der Waals surface area contributed by atoms with Crippen LogP contribution in [-0.4, -0.2) is 20.1 Å². The lowest BCUT2D eigenvalue weighted by molar-refractivity contribution is 0.374. The molecule has 0 unspecified atom stereocenters. The summed E-state index contributed by atoms with van der Waals surface area (Å²) in [5.41, 5.74) is 5.33. The monoisotopic (exact) mass is 280 g/mol. The van der Waals surface area contributed by atoms with E-state index in [9.17, 15) is 0 Å². The topological polar surface area (TPSA) is 15.3 Å². The van der Waals surface area contributed by atoms with E-state index in [2.05, 4.69) is 79.8 Å². The molecule has 0 amide bonds. The van der Waals surface area contributed by atoms with E-state index in [4.69, 9.17) is 0 Å². The second-order valence-electron chi connectivity index (χ2n) is 6.32. The highest BCUT2D eigenvalue weighted by Gasteiger charge is 2.30. The Bertz CT molecular complexity index is 598. The Morgan fingerprint density at radius 3 is 2.38 bits per heavy atom. The van der Waals surface area contributed by atoms with Crippen molar-refractivity contribution in [1.82, 2.24) is 0 Å². The second kappa shape index (κ2) is 5.80. The molecule has 1 aliphatic carbocycles. The number of hydrogen-bond donors (Lipinski definition) is 1. The molecular formula is C19H24N2. The fourth-order valence-corrected chi connectivity index (χ4v) is 3.15. The van der Waals surface area contributed by atoms with E-state index in [0.717, 1.165) is 5.92 Å². The minimum Gasteiger partial charge on any atom is -0.382 e. The van der Waals surface area contributed by atoms with Crippen molar-refractivity contribution < 1.29 is 0 Å². The average Bonchev–Trinajstić information content (AvgIpc) is 2.44. The molecule has 110 valence electrons. The molecule has 1 N–H and O–H groups in total. The number of nitrogens with one attached hydrogen (secondary N) is 1. The van der Waals surface area contributed by atoms with Crippen molar-refractivity contribution in [2.75, 3.05) is 24.3 Å². The molecule has 3 rings (SSSR count). The van der Waals surface area contributed by atoms with Crippen LogP contribution in [0.2, 0.25) is 0 Å². The Hall–Kier alpha value is -1.96. The van der Waals surface area contributed by atoms with Gasteiger partial charge in [0.05, 0.1) is 0 Å². The second-order valence-corrected chi connectivity index (χ2v) is 6.32. The number of hydrogen-bond acceptors (Lipinski definition) is 2. The molecule has 1 saturated carbocycles. The largest absolute Gasteiger partial charge is 0.382 e. The first kappa shape index (κ1) is 14.0. The van der Waals surface area contributed by atoms with E-state index in [1.165, 1.54) is 35.3 Å². The highest BCUT2D eigenvalue weighted by atomic mass is 15.1. The van der Waals surface area contributed by atoms with Crippen LogP contribution in [0.4, 0.5) is 11.4 Å². The van der Waals surface area contributed by atoms with Crippen LogP contribution in [0.15, 0.2) is 48.5 Å². The summed E-state index contributed by atoms with van der Waals surface area (Å²) in [6.45, 7) is 2.16. The maximum Gasteiger partial charge on any atom is 0.0411 e. The van der Waals surface area contributed by atoms with E-state index in [1.54, 1.807) is 0 Å². The van der Waals surface area contributed by atoms with Gasteiger partial charge in [-0.05, 0) is 48.9 Å². The van der Waals surface area contributed by atoms with E-state index >= 15 is 0 Å². The lowest BCUT2D eigenvalue weighted by Crippen LogP contribution is -2.34. The van der Waals surface area contributed by atoms with Gasteiger partial charge >= 0.3 is 0 Å². The molecule has 0 atom stereocenters. The molecule has 1 aliphatic rings.